The van der Waals surface area contributed by atoms with Crippen LogP contribution in [0.1, 0.15) is 145 Å². The van der Waals surface area contributed by atoms with Gasteiger partial charge < -0.3 is 36.1 Å². The minimum Gasteiger partial charge on any atom is -0.401 e. The van der Waals surface area contributed by atoms with Crippen molar-refractivity contribution in [2.24, 2.45) is 28.8 Å². The third-order valence-corrected chi connectivity index (χ3v) is 18.7. The van der Waals surface area contributed by atoms with Crippen molar-refractivity contribution >= 4 is 50.5 Å². The van der Waals surface area contributed by atoms with Crippen LogP contribution in [0, 0.1) is 24.2 Å². The number of benzene rings is 2. The number of amides is 2. The van der Waals surface area contributed by atoms with Crippen molar-refractivity contribution in [1.29, 1.82) is 0 Å². The summed E-state index contributed by atoms with van der Waals surface area (Å²) in [4.78, 5) is 58.3. The third-order valence-electron chi connectivity index (χ3n) is 17.0. The minimum atomic E-state index is -0.302. The number of allylic oxidation sites excluding steroid dienone is 1. The Morgan fingerprint density at radius 2 is 1.67 bits per heavy atom. The Balaban J connectivity index is 0.000000171. The molecule has 5 aromatic rings. The van der Waals surface area contributed by atoms with Crippen LogP contribution < -0.4 is 27.9 Å². The van der Waals surface area contributed by atoms with Gasteiger partial charge in [0.15, 0.2) is 0 Å². The van der Waals surface area contributed by atoms with Gasteiger partial charge in [-0.3, -0.25) is 29.7 Å². The molecule has 16 nitrogen and oxygen atoms in total. The Morgan fingerprint density at radius 1 is 0.936 bits per heavy atom. The van der Waals surface area contributed by atoms with E-state index in [1.165, 1.54) is 47.5 Å². The average Bonchev–Trinajstić information content (AvgIpc) is 4.13. The highest BCUT2D eigenvalue weighted by Crippen LogP contribution is 2.51. The van der Waals surface area contributed by atoms with Crippen LogP contribution in [0.2, 0.25) is 0 Å². The number of carbonyl (C=O) groups excluding carboxylic acids is 2. The molecule has 78 heavy (non-hydrogen) atoms. The topological polar surface area (TPSA) is 210 Å². The maximum absolute atomic E-state index is 13.3. The van der Waals surface area contributed by atoms with Gasteiger partial charge >= 0.3 is 0 Å². The van der Waals surface area contributed by atoms with Gasteiger partial charge in [0.1, 0.15) is 11.6 Å². The number of ether oxygens (including phenoxy) is 1. The lowest BCUT2D eigenvalue weighted by Gasteiger charge is -2.36. The number of thiazole rings is 1. The van der Waals surface area contributed by atoms with Crippen LogP contribution in [-0.2, 0) is 19.7 Å². The molecule has 4 aliphatic heterocycles. The second-order valence-corrected chi connectivity index (χ2v) is 25.4. The quantitative estimate of drug-likeness (QED) is 0.0451. The summed E-state index contributed by atoms with van der Waals surface area (Å²) >= 11 is 5.27. The number of piperidine rings is 1. The van der Waals surface area contributed by atoms with Crippen LogP contribution in [0.4, 0.5) is 0 Å². The van der Waals surface area contributed by atoms with Crippen molar-refractivity contribution in [3.63, 3.8) is 0 Å². The first-order chi connectivity index (χ1) is 37.6. The molecular formula is C60H82BrN11O5S. The largest absolute Gasteiger partial charge is 0.401 e. The molecule has 18 heteroatoms. The molecule has 3 saturated heterocycles. The summed E-state index contributed by atoms with van der Waals surface area (Å²) in [7, 11) is 0. The number of hydrazine groups is 1. The smallest absolute Gasteiger partial charge is 0.281 e. The van der Waals surface area contributed by atoms with Gasteiger partial charge in [-0.25, -0.2) is 9.97 Å². The number of hydrogen-bond acceptors (Lipinski definition) is 14. The third kappa shape index (κ3) is 13.6. The van der Waals surface area contributed by atoms with Crippen LogP contribution >= 0.6 is 27.3 Å². The number of halogens is 1. The molecule has 1 spiro atoms. The van der Waals surface area contributed by atoms with Crippen LogP contribution in [0.15, 0.2) is 81.3 Å². The molecular weight excluding hydrogens is 1070 g/mol. The number of aromatic nitrogens is 4. The maximum Gasteiger partial charge on any atom is 0.281 e. The number of aliphatic hydroxyl groups is 1. The van der Waals surface area contributed by atoms with E-state index in [1.54, 1.807) is 22.4 Å². The van der Waals surface area contributed by atoms with Gasteiger partial charge in [-0.1, -0.05) is 76.4 Å². The molecule has 1 unspecified atom stereocenters. The van der Waals surface area contributed by atoms with Gasteiger partial charge in [-0.05, 0) is 140 Å². The Labute approximate surface area is 472 Å². The second-order valence-electron chi connectivity index (χ2n) is 23.7. The van der Waals surface area contributed by atoms with E-state index >= 15 is 0 Å². The standard InChI is InChI=1S/C33H42BrN7O.C17H21N3O2S.C10H19NO2/c34-25-5-4-6-28-29(25)31(42)39-32-33(15-2-1-3-16-33)24-11-12-27(38-30(24)41(28)32)23-13-17-40(18-14-23)20-21-7-9-22(10-8-21)26(35)19-37-36;1-13-17(23-12-19-13)15-4-2-14(3-5-15)16(18-11-21)10-20-6-8-22-9-7-20;1-10(2,3)6-9(13)11-5-4-8(12)7-11/h4-6,11-12,19,21-23,37H,1-3,7-10,13-18,20,35-36H2;2-5,11-12,16H,6-10H2,1H3,(H,18,21);8,12H,4-7H2,1-3H3/b26-19-;;/t;16-;/m.0./s1. The number of nitrogens with one attached hydrogen (secondary N) is 2. The Morgan fingerprint density at radius 3 is 2.31 bits per heavy atom. The van der Waals surface area contributed by atoms with Crippen molar-refractivity contribution in [2.45, 2.75) is 135 Å². The lowest BCUT2D eigenvalue weighted by molar-refractivity contribution is -0.132. The van der Waals surface area contributed by atoms with E-state index in [-0.39, 0.29) is 34.4 Å². The Kier molecular flexibility index (Phi) is 19.2. The van der Waals surface area contributed by atoms with Gasteiger partial charge in [0, 0.05) is 79.2 Å². The zero-order valence-corrected chi connectivity index (χ0v) is 48.6. The number of morpholine rings is 1. The van der Waals surface area contributed by atoms with E-state index in [4.69, 9.17) is 26.3 Å². The first-order valence-electron chi connectivity index (χ1n) is 28.5. The number of nitrogens with two attached hydrogens (primary N) is 2. The number of aryl methyl sites for hydroxylation is 1. The normalized spacial score (nSPS) is 22.2. The van der Waals surface area contributed by atoms with Gasteiger partial charge in [0.2, 0.25) is 12.3 Å². The molecule has 2 aromatic carbocycles. The number of pyridine rings is 1. The van der Waals surface area contributed by atoms with Gasteiger partial charge in [-0.15, -0.1) is 11.3 Å². The van der Waals surface area contributed by atoms with Crippen molar-refractivity contribution in [3.05, 3.63) is 115 Å². The Hall–Kier alpha value is -5.08. The maximum atomic E-state index is 13.3. The van der Waals surface area contributed by atoms with Crippen LogP contribution in [0.3, 0.4) is 0 Å². The number of β-amino-alcohol motifs (C(OH)–C–C–N with tert-alkyl or cyclic N) is 1. The van der Waals surface area contributed by atoms with Gasteiger partial charge in [0.05, 0.1) is 57.8 Å². The number of hydrogen-bond donors (Lipinski definition) is 5. The lowest BCUT2D eigenvalue weighted by atomic mass is 9.70. The van der Waals surface area contributed by atoms with E-state index in [0.29, 0.717) is 30.2 Å². The lowest BCUT2D eigenvalue weighted by Crippen LogP contribution is -2.41. The highest BCUT2D eigenvalue weighted by Gasteiger charge is 2.47. The fourth-order valence-corrected chi connectivity index (χ4v) is 14.1. The molecule has 420 valence electrons. The highest BCUT2D eigenvalue weighted by atomic mass is 79.9. The summed E-state index contributed by atoms with van der Waals surface area (Å²) < 4.78 is 8.40. The monoisotopic (exact) mass is 1150 g/mol. The molecule has 2 saturated carbocycles. The molecule has 11 rings (SSSR count). The first kappa shape index (κ1) is 57.6. The number of fused-ring (bicyclic) bond motifs is 7. The van der Waals surface area contributed by atoms with E-state index in [9.17, 15) is 19.5 Å². The molecule has 2 atom stereocenters. The average molecular weight is 1150 g/mol. The zero-order valence-electron chi connectivity index (χ0n) is 46.2. The summed E-state index contributed by atoms with van der Waals surface area (Å²) in [6.45, 7) is 17.0. The summed E-state index contributed by atoms with van der Waals surface area (Å²) in [5, 5.41) is 12.8. The highest BCUT2D eigenvalue weighted by molar-refractivity contribution is 9.10. The molecule has 7 N–H and O–H groups in total. The van der Waals surface area contributed by atoms with Crippen LogP contribution in [0.25, 0.3) is 27.2 Å². The molecule has 3 aromatic heterocycles. The fourth-order valence-electron chi connectivity index (χ4n) is 12.8. The molecule has 2 aliphatic carbocycles. The molecule has 5 fully saturated rings. The second kappa shape index (κ2) is 26.0. The van der Waals surface area contributed by atoms with Crippen molar-refractivity contribution in [1.82, 2.24) is 45.0 Å². The summed E-state index contributed by atoms with van der Waals surface area (Å²) in [5.74, 6) is 9.15. The number of rotatable bonds is 12. The summed E-state index contributed by atoms with van der Waals surface area (Å²) in [5.41, 5.74) is 17.9. The van der Waals surface area contributed by atoms with Crippen molar-refractivity contribution in [2.75, 3.05) is 65.6 Å². The minimum absolute atomic E-state index is 0.00204. The van der Waals surface area contributed by atoms with Crippen molar-refractivity contribution < 1.29 is 19.4 Å². The van der Waals surface area contributed by atoms with Crippen LogP contribution in [0.5, 0.6) is 0 Å². The molecule has 0 bridgehead atoms. The molecule has 0 radical (unpaired) electrons. The number of aliphatic hydroxyl groups excluding tert-OH is 1. The van der Waals surface area contributed by atoms with E-state index in [2.05, 4.69) is 109 Å². The Bertz CT molecular complexity index is 2910. The SMILES string of the molecule is CC(C)(C)CC(=O)N1CCC(O)C1.Cc1ncsc1-c1ccc([C@H](CN2CCOCC2)NC=O)cc1.NN/C=C(\N)C1CCC(CN2CCC(c3ccc4c(n3)-n3c(nc(=O)c5c(Br)cccc53)C43CCCCC3)CC2)CC1. The summed E-state index contributed by atoms with van der Waals surface area (Å²) in [6, 6.07) is 19.0. The van der Waals surface area contributed by atoms with Crippen molar-refractivity contribution in [3.8, 4) is 16.3 Å². The summed E-state index contributed by atoms with van der Waals surface area (Å²) in [6.07, 6.45) is 16.2. The number of nitrogens with zero attached hydrogens (tertiary/aromatic N) is 7. The molecule has 2 amide bonds. The van der Waals surface area contributed by atoms with Crippen LogP contribution in [-0.4, -0.2) is 123 Å². The van der Waals surface area contributed by atoms with E-state index in [0.717, 1.165) is 161 Å². The first-order valence-corrected chi connectivity index (χ1v) is 30.2. The fraction of sp³-hybridized carbons (Fsp3) is 0.567. The van der Waals surface area contributed by atoms with Gasteiger partial charge in [-0.2, -0.15) is 4.98 Å². The van der Waals surface area contributed by atoms with E-state index < -0.39 is 0 Å². The zero-order chi connectivity index (χ0) is 55.0. The number of carbonyl (C=O) groups is 2. The predicted molar refractivity (Wildman–Crippen MR) is 313 cm³/mol. The predicted octanol–water partition coefficient (Wildman–Crippen LogP) is 8.61. The molecule has 6 aliphatic rings. The van der Waals surface area contributed by atoms with Gasteiger partial charge in [0.25, 0.3) is 5.56 Å². The van der Waals surface area contributed by atoms with E-state index in [1.807, 2.05) is 24.6 Å². The molecule has 7 heterocycles. The number of likely N-dealkylation sites (tertiary alicyclic amines) is 2.